The van der Waals surface area contributed by atoms with E-state index < -0.39 is 0 Å². The number of allylic oxidation sites excluding steroid dienone is 2. The number of nitrogens with zero attached hydrogens (tertiary/aromatic N) is 1. The predicted molar refractivity (Wildman–Crippen MR) is 144 cm³/mol. The summed E-state index contributed by atoms with van der Waals surface area (Å²) in [6, 6.07) is 16.1. The average molecular weight is 470 g/mol. The van der Waals surface area contributed by atoms with Crippen molar-refractivity contribution in [3.8, 4) is 0 Å². The second kappa shape index (κ2) is 13.1. The summed E-state index contributed by atoms with van der Waals surface area (Å²) in [6.45, 7) is 11.7. The largest absolute Gasteiger partial charge is 0.401 e. The Morgan fingerprint density at radius 3 is 2.15 bits per heavy atom. The molecule has 0 atom stereocenters. The van der Waals surface area contributed by atoms with Crippen molar-refractivity contribution in [2.75, 3.05) is 12.4 Å². The molecule has 0 aliphatic rings. The lowest BCUT2D eigenvalue weighted by atomic mass is 9.77. The van der Waals surface area contributed by atoms with Gasteiger partial charge in [0.25, 0.3) is 0 Å². The molecule has 0 spiro atoms. The lowest BCUT2D eigenvalue weighted by molar-refractivity contribution is 0.335. The second-order valence-electron chi connectivity index (χ2n) is 9.74. The highest BCUT2D eigenvalue weighted by atomic mass is 35.5. The van der Waals surface area contributed by atoms with E-state index in [2.05, 4.69) is 70.2 Å². The first-order valence-corrected chi connectivity index (χ1v) is 13.0. The fourth-order valence-corrected chi connectivity index (χ4v) is 4.67. The number of hydrazine groups is 1. The van der Waals surface area contributed by atoms with Crippen molar-refractivity contribution in [2.24, 2.45) is 11.6 Å². The number of hydrogen-bond acceptors (Lipinski definition) is 3. The summed E-state index contributed by atoms with van der Waals surface area (Å²) in [5.41, 5.74) is 14.7. The molecule has 182 valence electrons. The molecule has 0 unspecified atom stereocenters. The maximum Gasteiger partial charge on any atom is 0.0472 e. The molecule has 0 saturated carbocycles. The van der Waals surface area contributed by atoms with Crippen LogP contribution in [0.3, 0.4) is 0 Å². The molecule has 0 aliphatic heterocycles. The van der Waals surface area contributed by atoms with Crippen molar-refractivity contribution in [1.29, 1.82) is 0 Å². The van der Waals surface area contributed by atoms with Crippen molar-refractivity contribution in [3.05, 3.63) is 81.7 Å². The first kappa shape index (κ1) is 27.3. The Bertz CT molecular complexity index is 896. The topological polar surface area (TPSA) is 55.3 Å². The van der Waals surface area contributed by atoms with E-state index in [0.29, 0.717) is 0 Å². The Morgan fingerprint density at radius 1 is 0.939 bits per heavy atom. The maximum atomic E-state index is 6.17. The number of unbranched alkanes of at least 4 members (excludes halogenated alkanes) is 2. The van der Waals surface area contributed by atoms with Gasteiger partial charge in [0.15, 0.2) is 0 Å². The third-order valence-electron chi connectivity index (χ3n) is 6.82. The van der Waals surface area contributed by atoms with Gasteiger partial charge in [0.1, 0.15) is 0 Å². The van der Waals surface area contributed by atoms with Crippen molar-refractivity contribution in [1.82, 2.24) is 5.01 Å². The van der Waals surface area contributed by atoms with Crippen LogP contribution in [0.15, 0.2) is 53.9 Å². The van der Waals surface area contributed by atoms with Gasteiger partial charge in [-0.05, 0) is 86.6 Å². The van der Waals surface area contributed by atoms with Gasteiger partial charge in [-0.25, -0.2) is 5.84 Å². The van der Waals surface area contributed by atoms with Crippen LogP contribution >= 0.6 is 11.6 Å². The van der Waals surface area contributed by atoms with Crippen LogP contribution < -0.4 is 11.6 Å². The fraction of sp³-hybridized carbons (Fsp3) is 0.517. The lowest BCUT2D eigenvalue weighted by Gasteiger charge is -2.27. The highest BCUT2D eigenvalue weighted by molar-refractivity contribution is 6.17. The van der Waals surface area contributed by atoms with E-state index in [1.54, 1.807) is 0 Å². The molecular formula is C29H44ClN3. The summed E-state index contributed by atoms with van der Waals surface area (Å²) < 4.78 is 0. The van der Waals surface area contributed by atoms with E-state index in [4.69, 9.17) is 23.2 Å². The lowest BCUT2D eigenvalue weighted by Crippen LogP contribution is -2.32. The van der Waals surface area contributed by atoms with Gasteiger partial charge in [-0.3, -0.25) is 0 Å². The van der Waals surface area contributed by atoms with Crippen LogP contribution in [0.5, 0.6) is 0 Å². The molecule has 0 aliphatic carbocycles. The number of rotatable bonds is 13. The molecule has 0 bridgehead atoms. The highest BCUT2D eigenvalue weighted by Gasteiger charge is 2.23. The summed E-state index contributed by atoms with van der Waals surface area (Å²) >= 11 is 5.83. The third-order valence-corrected chi connectivity index (χ3v) is 7.09. The Morgan fingerprint density at radius 2 is 1.58 bits per heavy atom. The van der Waals surface area contributed by atoms with E-state index in [1.807, 2.05) is 11.9 Å². The van der Waals surface area contributed by atoms with Gasteiger partial charge in [-0.15, -0.1) is 11.6 Å². The van der Waals surface area contributed by atoms with Crippen LogP contribution in [0, 0.1) is 6.92 Å². The molecular weight excluding hydrogens is 426 g/mol. The first-order chi connectivity index (χ1) is 15.7. The number of aryl methyl sites for hydroxylation is 3. The molecule has 2 aromatic carbocycles. The molecule has 2 aromatic rings. The molecule has 0 fully saturated rings. The van der Waals surface area contributed by atoms with Crippen LogP contribution in [-0.4, -0.2) is 17.4 Å². The summed E-state index contributed by atoms with van der Waals surface area (Å²) in [6.07, 6.45) is 7.44. The van der Waals surface area contributed by atoms with Gasteiger partial charge >= 0.3 is 0 Å². The summed E-state index contributed by atoms with van der Waals surface area (Å²) in [7, 11) is 0. The van der Waals surface area contributed by atoms with E-state index >= 15 is 0 Å². The minimum atomic E-state index is -0.0268. The van der Waals surface area contributed by atoms with Crippen molar-refractivity contribution in [2.45, 2.75) is 85.0 Å². The van der Waals surface area contributed by atoms with Gasteiger partial charge < -0.3 is 10.7 Å². The molecule has 2 rings (SSSR count). The number of alkyl halides is 1. The van der Waals surface area contributed by atoms with E-state index in [9.17, 15) is 0 Å². The zero-order chi connectivity index (χ0) is 24.4. The molecule has 0 radical (unpaired) electrons. The van der Waals surface area contributed by atoms with Gasteiger partial charge in [0, 0.05) is 29.2 Å². The monoisotopic (exact) mass is 469 g/mol. The van der Waals surface area contributed by atoms with Gasteiger partial charge in [-0.2, -0.15) is 0 Å². The number of halogens is 1. The van der Waals surface area contributed by atoms with Crippen LogP contribution in [0.4, 0.5) is 0 Å². The Labute approximate surface area is 207 Å². The molecule has 4 N–H and O–H groups in total. The summed E-state index contributed by atoms with van der Waals surface area (Å²) in [4.78, 5) is 0. The van der Waals surface area contributed by atoms with Crippen LogP contribution in [-0.2, 0) is 18.3 Å². The Kier molecular flexibility index (Phi) is 10.8. The molecule has 0 saturated heterocycles. The predicted octanol–water partition coefficient (Wildman–Crippen LogP) is 6.98. The summed E-state index contributed by atoms with van der Waals surface area (Å²) in [5, 5.41) is 1.81. The summed E-state index contributed by atoms with van der Waals surface area (Å²) in [5.74, 6) is 6.92. The number of nitrogens with two attached hydrogens (primary N) is 2. The van der Waals surface area contributed by atoms with Crippen molar-refractivity contribution >= 4 is 11.6 Å². The normalized spacial score (nSPS) is 12.6. The minimum absolute atomic E-state index is 0.0268. The zero-order valence-electron chi connectivity index (χ0n) is 21.4. The number of benzene rings is 2. The maximum absolute atomic E-state index is 6.17. The van der Waals surface area contributed by atoms with Crippen LogP contribution in [0.25, 0.3) is 0 Å². The van der Waals surface area contributed by atoms with Crippen LogP contribution in [0.1, 0.15) is 87.6 Å². The Balaban J connectivity index is 1.95. The smallest absolute Gasteiger partial charge is 0.0472 e. The fourth-order valence-electron chi connectivity index (χ4n) is 4.48. The molecule has 0 amide bonds. The van der Waals surface area contributed by atoms with Gasteiger partial charge in [0.2, 0.25) is 0 Å². The standard InChI is InChI=1S/C29H44ClN3/c1-6-28(23(3)31)33(32)20-10-8-11-24-13-16-26(17-14-24)29(4,5)27-18-15-25(22(2)21-27)12-7-9-19-30/h13-18,21H,6-12,19-20,31-32H2,1-5H3/b28-23-. The number of hydrogen-bond donors (Lipinski definition) is 2. The molecule has 4 heteroatoms. The molecule has 3 nitrogen and oxygen atoms in total. The van der Waals surface area contributed by atoms with E-state index in [0.717, 1.165) is 68.8 Å². The second-order valence-corrected chi connectivity index (χ2v) is 10.1. The first-order valence-electron chi connectivity index (χ1n) is 12.4. The quantitative estimate of drug-likeness (QED) is 0.144. The minimum Gasteiger partial charge on any atom is -0.401 e. The molecule has 0 heterocycles. The molecule has 0 aromatic heterocycles. The van der Waals surface area contributed by atoms with E-state index in [-0.39, 0.29) is 5.41 Å². The van der Waals surface area contributed by atoms with Gasteiger partial charge in [-0.1, -0.05) is 63.2 Å². The Hall–Kier alpha value is -1.97. The van der Waals surface area contributed by atoms with Crippen molar-refractivity contribution < 1.29 is 0 Å². The molecule has 33 heavy (non-hydrogen) atoms. The average Bonchev–Trinajstić information content (AvgIpc) is 2.78. The van der Waals surface area contributed by atoms with Crippen LogP contribution in [0.2, 0.25) is 0 Å². The zero-order valence-corrected chi connectivity index (χ0v) is 22.1. The van der Waals surface area contributed by atoms with Crippen molar-refractivity contribution in [3.63, 3.8) is 0 Å². The third kappa shape index (κ3) is 7.79. The SMILES string of the molecule is CC/C(=C(\C)N)N(N)CCCCc1ccc(C(C)(C)c2ccc(CCCCCl)c(C)c2)cc1. The highest BCUT2D eigenvalue weighted by Crippen LogP contribution is 2.33. The van der Waals surface area contributed by atoms with Gasteiger partial charge in [0.05, 0.1) is 0 Å². The van der Waals surface area contributed by atoms with E-state index in [1.165, 1.54) is 27.8 Å².